The first kappa shape index (κ1) is 17.5. The number of carbonyl (C=O) groups excluding carboxylic acids is 2. The summed E-state index contributed by atoms with van der Waals surface area (Å²) in [5.41, 5.74) is 1.65. The van der Waals surface area contributed by atoms with Crippen molar-refractivity contribution in [3.05, 3.63) is 59.9 Å². The van der Waals surface area contributed by atoms with Gasteiger partial charge in [0.15, 0.2) is 0 Å². The first-order valence-corrected chi connectivity index (χ1v) is 7.65. The zero-order valence-electron chi connectivity index (χ0n) is 13.6. The molecule has 2 rings (SSSR count). The van der Waals surface area contributed by atoms with Gasteiger partial charge in [0.05, 0.1) is 0 Å². The molecule has 2 aromatic rings. The molecule has 0 radical (unpaired) electrons. The second-order valence-electron chi connectivity index (χ2n) is 5.62. The van der Waals surface area contributed by atoms with Gasteiger partial charge in [-0.1, -0.05) is 32.0 Å². The van der Waals surface area contributed by atoms with Crippen molar-refractivity contribution in [3.63, 3.8) is 0 Å². The van der Waals surface area contributed by atoms with Gasteiger partial charge in [-0.2, -0.15) is 0 Å². The van der Waals surface area contributed by atoms with E-state index in [9.17, 15) is 14.0 Å². The van der Waals surface area contributed by atoms with Crippen LogP contribution in [0, 0.1) is 11.7 Å². The van der Waals surface area contributed by atoms with Crippen molar-refractivity contribution in [3.8, 4) is 0 Å². The predicted octanol–water partition coefficient (Wildman–Crippen LogP) is 3.74. The SMILES string of the molecule is CC(C)C(=O)Nc1ccc(NC(=O)NCc2ccccc2F)cc1. The van der Waals surface area contributed by atoms with E-state index in [4.69, 9.17) is 0 Å². The van der Waals surface area contributed by atoms with E-state index in [1.165, 1.54) is 6.07 Å². The number of rotatable bonds is 5. The molecular formula is C18H20FN3O2. The van der Waals surface area contributed by atoms with Gasteiger partial charge in [-0.05, 0) is 30.3 Å². The lowest BCUT2D eigenvalue weighted by Gasteiger charge is -2.10. The van der Waals surface area contributed by atoms with Crippen molar-refractivity contribution >= 4 is 23.3 Å². The highest BCUT2D eigenvalue weighted by molar-refractivity contribution is 5.93. The Morgan fingerprint density at radius 1 is 0.958 bits per heavy atom. The summed E-state index contributed by atoms with van der Waals surface area (Å²) in [6.07, 6.45) is 0. The number of halogens is 1. The molecule has 2 aromatic carbocycles. The van der Waals surface area contributed by atoms with E-state index in [-0.39, 0.29) is 24.2 Å². The number of anilines is 2. The highest BCUT2D eigenvalue weighted by Gasteiger charge is 2.08. The van der Waals surface area contributed by atoms with Crippen LogP contribution < -0.4 is 16.0 Å². The Bertz CT molecular complexity index is 714. The molecule has 0 aliphatic heterocycles. The summed E-state index contributed by atoms with van der Waals surface area (Å²) in [4.78, 5) is 23.4. The van der Waals surface area contributed by atoms with E-state index in [1.807, 2.05) is 13.8 Å². The van der Waals surface area contributed by atoms with Crippen LogP contribution in [0.3, 0.4) is 0 Å². The van der Waals surface area contributed by atoms with E-state index >= 15 is 0 Å². The largest absolute Gasteiger partial charge is 0.334 e. The molecule has 126 valence electrons. The zero-order valence-corrected chi connectivity index (χ0v) is 13.6. The van der Waals surface area contributed by atoms with E-state index < -0.39 is 6.03 Å². The van der Waals surface area contributed by atoms with E-state index in [2.05, 4.69) is 16.0 Å². The van der Waals surface area contributed by atoms with Gasteiger partial charge in [0.1, 0.15) is 5.82 Å². The minimum atomic E-state index is -0.433. The van der Waals surface area contributed by atoms with Gasteiger partial charge in [-0.25, -0.2) is 9.18 Å². The molecule has 0 spiro atoms. The highest BCUT2D eigenvalue weighted by atomic mass is 19.1. The van der Waals surface area contributed by atoms with Crippen LogP contribution in [0.2, 0.25) is 0 Å². The topological polar surface area (TPSA) is 70.2 Å². The molecule has 6 heteroatoms. The molecule has 0 aliphatic rings. The standard InChI is InChI=1S/C18H20FN3O2/c1-12(2)17(23)21-14-7-9-15(10-8-14)22-18(24)20-11-13-5-3-4-6-16(13)19/h3-10,12H,11H2,1-2H3,(H,21,23)(H2,20,22,24). The van der Waals surface area contributed by atoms with Crippen molar-refractivity contribution in [1.82, 2.24) is 5.32 Å². The van der Waals surface area contributed by atoms with Gasteiger partial charge >= 0.3 is 6.03 Å². The quantitative estimate of drug-likeness (QED) is 0.782. The fourth-order valence-electron chi connectivity index (χ4n) is 1.92. The van der Waals surface area contributed by atoms with Gasteiger partial charge in [0, 0.05) is 29.4 Å². The lowest BCUT2D eigenvalue weighted by molar-refractivity contribution is -0.118. The number of nitrogens with one attached hydrogen (secondary N) is 3. The molecule has 3 N–H and O–H groups in total. The Morgan fingerprint density at radius 3 is 2.12 bits per heavy atom. The fraction of sp³-hybridized carbons (Fsp3) is 0.222. The molecule has 0 saturated heterocycles. The van der Waals surface area contributed by atoms with Crippen molar-refractivity contribution in [2.24, 2.45) is 5.92 Å². The Kier molecular flexibility index (Phi) is 5.89. The molecule has 0 aliphatic carbocycles. The van der Waals surface area contributed by atoms with Gasteiger partial charge in [0.25, 0.3) is 0 Å². The molecule has 24 heavy (non-hydrogen) atoms. The molecule has 0 aromatic heterocycles. The van der Waals surface area contributed by atoms with Crippen LogP contribution in [-0.4, -0.2) is 11.9 Å². The number of urea groups is 1. The first-order valence-electron chi connectivity index (χ1n) is 7.65. The third-order valence-corrected chi connectivity index (χ3v) is 3.33. The molecule has 0 fully saturated rings. The Labute approximate surface area is 140 Å². The number of amides is 3. The maximum absolute atomic E-state index is 13.5. The monoisotopic (exact) mass is 329 g/mol. The summed E-state index contributed by atoms with van der Waals surface area (Å²) in [5, 5.41) is 8.01. The summed E-state index contributed by atoms with van der Waals surface area (Å²) in [6.45, 7) is 3.72. The fourth-order valence-corrected chi connectivity index (χ4v) is 1.92. The molecule has 0 unspecified atom stereocenters. The van der Waals surface area contributed by atoms with E-state index in [0.717, 1.165) is 0 Å². The molecule has 3 amide bonds. The summed E-state index contributed by atoms with van der Waals surface area (Å²) in [5.74, 6) is -0.534. The lowest BCUT2D eigenvalue weighted by Crippen LogP contribution is -2.28. The predicted molar refractivity (Wildman–Crippen MR) is 92.2 cm³/mol. The summed E-state index contributed by atoms with van der Waals surface area (Å²) < 4.78 is 13.5. The van der Waals surface area contributed by atoms with Crippen LogP contribution in [0.4, 0.5) is 20.6 Å². The average molecular weight is 329 g/mol. The van der Waals surface area contributed by atoms with Crippen molar-refractivity contribution in [2.45, 2.75) is 20.4 Å². The molecule has 0 heterocycles. The molecule has 5 nitrogen and oxygen atoms in total. The third-order valence-electron chi connectivity index (χ3n) is 3.33. The van der Waals surface area contributed by atoms with Gasteiger partial charge in [-0.15, -0.1) is 0 Å². The van der Waals surface area contributed by atoms with Crippen molar-refractivity contribution in [2.75, 3.05) is 10.6 Å². The van der Waals surface area contributed by atoms with Crippen LogP contribution in [0.15, 0.2) is 48.5 Å². The number of hydrogen-bond donors (Lipinski definition) is 3. The second kappa shape index (κ2) is 8.10. The number of carbonyl (C=O) groups is 2. The lowest BCUT2D eigenvalue weighted by atomic mass is 10.2. The number of hydrogen-bond acceptors (Lipinski definition) is 2. The normalized spacial score (nSPS) is 10.3. The molecule has 0 saturated carbocycles. The van der Waals surface area contributed by atoms with Gasteiger partial charge in [0.2, 0.25) is 5.91 Å². The minimum absolute atomic E-state index is 0.0710. The Hall–Kier alpha value is -2.89. The first-order chi connectivity index (χ1) is 11.5. The maximum Gasteiger partial charge on any atom is 0.319 e. The van der Waals surface area contributed by atoms with Gasteiger partial charge in [-0.3, -0.25) is 4.79 Å². The second-order valence-corrected chi connectivity index (χ2v) is 5.62. The summed E-state index contributed by atoms with van der Waals surface area (Å²) in [7, 11) is 0. The van der Waals surface area contributed by atoms with Crippen molar-refractivity contribution in [1.29, 1.82) is 0 Å². The van der Waals surface area contributed by atoms with Crippen LogP contribution >= 0.6 is 0 Å². The minimum Gasteiger partial charge on any atom is -0.334 e. The highest BCUT2D eigenvalue weighted by Crippen LogP contribution is 2.14. The Balaban J connectivity index is 1.86. The molecule has 0 atom stereocenters. The third kappa shape index (κ3) is 5.08. The van der Waals surface area contributed by atoms with Crippen LogP contribution in [-0.2, 0) is 11.3 Å². The summed E-state index contributed by atoms with van der Waals surface area (Å²) in [6, 6.07) is 12.6. The Morgan fingerprint density at radius 2 is 1.54 bits per heavy atom. The smallest absolute Gasteiger partial charge is 0.319 e. The van der Waals surface area contributed by atoms with Crippen molar-refractivity contribution < 1.29 is 14.0 Å². The van der Waals surface area contributed by atoms with Crippen LogP contribution in [0.5, 0.6) is 0 Å². The number of benzene rings is 2. The van der Waals surface area contributed by atoms with Crippen LogP contribution in [0.1, 0.15) is 19.4 Å². The molecule has 0 bridgehead atoms. The average Bonchev–Trinajstić information content (AvgIpc) is 2.56. The molecular weight excluding hydrogens is 309 g/mol. The zero-order chi connectivity index (χ0) is 17.5. The maximum atomic E-state index is 13.5. The van der Waals surface area contributed by atoms with Crippen LogP contribution in [0.25, 0.3) is 0 Å². The van der Waals surface area contributed by atoms with Gasteiger partial charge < -0.3 is 16.0 Å². The van der Waals surface area contributed by atoms with E-state index in [0.29, 0.717) is 16.9 Å². The summed E-state index contributed by atoms with van der Waals surface area (Å²) >= 11 is 0. The van der Waals surface area contributed by atoms with E-state index in [1.54, 1.807) is 42.5 Å².